The van der Waals surface area contributed by atoms with E-state index in [0.29, 0.717) is 15.9 Å². The Balaban J connectivity index is 2.02. The molecule has 0 atom stereocenters. The summed E-state index contributed by atoms with van der Waals surface area (Å²) in [6.07, 6.45) is 0. The zero-order valence-corrected chi connectivity index (χ0v) is 9.92. The summed E-state index contributed by atoms with van der Waals surface area (Å²) in [5.74, 6) is 5.54. The molecule has 0 radical (unpaired) electrons. The van der Waals surface area contributed by atoms with E-state index in [1.54, 1.807) is 13.0 Å². The molecule has 5 nitrogen and oxygen atoms in total. The lowest BCUT2D eigenvalue weighted by Crippen LogP contribution is -2.05. The lowest BCUT2D eigenvalue weighted by atomic mass is 10.2. The highest BCUT2D eigenvalue weighted by Gasteiger charge is 2.05. The van der Waals surface area contributed by atoms with Crippen molar-refractivity contribution in [3.63, 3.8) is 0 Å². The van der Waals surface area contributed by atoms with Gasteiger partial charge in [-0.15, -0.1) is 10.2 Å². The zero-order chi connectivity index (χ0) is 12.3. The summed E-state index contributed by atoms with van der Waals surface area (Å²) in [5, 5.41) is 8.88. The van der Waals surface area contributed by atoms with Crippen LogP contribution in [0.4, 0.5) is 9.52 Å². The minimum absolute atomic E-state index is 0.277. The number of halogens is 1. The largest absolute Gasteiger partial charge is 0.486 e. The molecule has 0 unspecified atom stereocenters. The van der Waals surface area contributed by atoms with Gasteiger partial charge in [0, 0.05) is 0 Å². The number of nitrogen functional groups attached to an aromatic ring is 1. The molecule has 0 fully saturated rings. The van der Waals surface area contributed by atoms with Gasteiger partial charge in [0.05, 0.1) is 0 Å². The van der Waals surface area contributed by atoms with Gasteiger partial charge in [-0.3, -0.25) is 5.43 Å². The second-order valence-corrected chi connectivity index (χ2v) is 4.41. The number of ether oxygens (including phenoxy) is 1. The fraction of sp³-hybridized carbons (Fsp3) is 0.200. The number of hydrogen-bond donors (Lipinski definition) is 2. The van der Waals surface area contributed by atoms with Gasteiger partial charge in [-0.2, -0.15) is 0 Å². The van der Waals surface area contributed by atoms with Gasteiger partial charge < -0.3 is 4.74 Å². The third-order valence-electron chi connectivity index (χ3n) is 2.08. The van der Waals surface area contributed by atoms with Gasteiger partial charge in [0.1, 0.15) is 18.2 Å². The molecule has 0 aliphatic rings. The maximum Gasteiger partial charge on any atom is 0.219 e. The fourth-order valence-corrected chi connectivity index (χ4v) is 1.85. The van der Waals surface area contributed by atoms with Crippen LogP contribution in [0.5, 0.6) is 5.75 Å². The van der Waals surface area contributed by atoms with Crippen LogP contribution in [0.1, 0.15) is 10.6 Å². The van der Waals surface area contributed by atoms with Crippen molar-refractivity contribution in [1.82, 2.24) is 10.2 Å². The van der Waals surface area contributed by atoms with Crippen LogP contribution in [-0.4, -0.2) is 10.2 Å². The average Bonchev–Trinajstić information content (AvgIpc) is 2.76. The van der Waals surface area contributed by atoms with E-state index >= 15 is 0 Å². The van der Waals surface area contributed by atoms with E-state index in [1.807, 2.05) is 0 Å². The molecule has 0 aliphatic carbocycles. The van der Waals surface area contributed by atoms with Crippen molar-refractivity contribution in [2.75, 3.05) is 5.43 Å². The first kappa shape index (κ1) is 11.7. The lowest BCUT2D eigenvalue weighted by molar-refractivity contribution is 0.302. The van der Waals surface area contributed by atoms with Gasteiger partial charge in [-0.1, -0.05) is 11.3 Å². The standard InChI is InChI=1S/C10H11FN4OS/c1-6-4-7(11)2-3-8(6)16-5-9-14-15-10(13-12)17-9/h2-4H,5,12H2,1H3,(H,13,15). The molecule has 2 aromatic rings. The predicted molar refractivity (Wildman–Crippen MR) is 63.2 cm³/mol. The van der Waals surface area contributed by atoms with E-state index in [0.717, 1.165) is 5.56 Å². The number of anilines is 1. The molecule has 0 spiro atoms. The molecule has 1 heterocycles. The van der Waals surface area contributed by atoms with E-state index < -0.39 is 0 Å². The summed E-state index contributed by atoms with van der Waals surface area (Å²) >= 11 is 1.30. The van der Waals surface area contributed by atoms with Crippen LogP contribution in [0, 0.1) is 12.7 Å². The first-order valence-corrected chi connectivity index (χ1v) is 5.68. The monoisotopic (exact) mass is 254 g/mol. The highest BCUT2D eigenvalue weighted by Crippen LogP contribution is 2.21. The minimum atomic E-state index is -0.277. The maximum absolute atomic E-state index is 12.9. The van der Waals surface area contributed by atoms with Crippen LogP contribution in [0.15, 0.2) is 18.2 Å². The molecule has 1 aromatic heterocycles. The smallest absolute Gasteiger partial charge is 0.219 e. The molecule has 7 heteroatoms. The number of aryl methyl sites for hydroxylation is 1. The Kier molecular flexibility index (Phi) is 3.50. The Morgan fingerprint density at radius 2 is 2.29 bits per heavy atom. The summed E-state index contributed by atoms with van der Waals surface area (Å²) < 4.78 is 18.4. The number of rotatable bonds is 4. The van der Waals surface area contributed by atoms with Gasteiger partial charge in [0.15, 0.2) is 5.01 Å². The Morgan fingerprint density at radius 3 is 2.94 bits per heavy atom. The van der Waals surface area contributed by atoms with Crippen molar-refractivity contribution in [2.24, 2.45) is 5.84 Å². The highest BCUT2D eigenvalue weighted by molar-refractivity contribution is 7.15. The van der Waals surface area contributed by atoms with Crippen molar-refractivity contribution in [1.29, 1.82) is 0 Å². The number of benzene rings is 1. The first-order valence-electron chi connectivity index (χ1n) is 4.87. The number of nitrogens with one attached hydrogen (secondary N) is 1. The Morgan fingerprint density at radius 1 is 1.47 bits per heavy atom. The Hall–Kier alpha value is -1.73. The fourth-order valence-electron chi connectivity index (χ4n) is 1.28. The van der Waals surface area contributed by atoms with Crippen molar-refractivity contribution < 1.29 is 9.13 Å². The summed E-state index contributed by atoms with van der Waals surface area (Å²) in [7, 11) is 0. The predicted octanol–water partition coefficient (Wildman–Crippen LogP) is 1.85. The molecule has 17 heavy (non-hydrogen) atoms. The first-order chi connectivity index (χ1) is 8.19. The van der Waals surface area contributed by atoms with E-state index in [1.165, 1.54) is 23.5 Å². The SMILES string of the molecule is Cc1cc(F)ccc1OCc1nnc(NN)s1. The van der Waals surface area contributed by atoms with E-state index in [2.05, 4.69) is 15.6 Å². The van der Waals surface area contributed by atoms with Crippen LogP contribution in [-0.2, 0) is 6.61 Å². The molecule has 0 saturated carbocycles. The molecule has 0 saturated heterocycles. The van der Waals surface area contributed by atoms with E-state index in [4.69, 9.17) is 10.6 Å². The summed E-state index contributed by atoms with van der Waals surface area (Å²) in [6, 6.07) is 4.37. The summed E-state index contributed by atoms with van der Waals surface area (Å²) in [5.41, 5.74) is 3.15. The molecule has 90 valence electrons. The third kappa shape index (κ3) is 2.89. The molecular weight excluding hydrogens is 243 g/mol. The molecule has 1 aromatic carbocycles. The molecule has 0 amide bonds. The number of nitrogens with two attached hydrogens (primary N) is 1. The van der Waals surface area contributed by atoms with Gasteiger partial charge in [0.2, 0.25) is 5.13 Å². The van der Waals surface area contributed by atoms with Gasteiger partial charge >= 0.3 is 0 Å². The molecule has 0 bridgehead atoms. The quantitative estimate of drug-likeness (QED) is 0.643. The normalized spacial score (nSPS) is 10.3. The van der Waals surface area contributed by atoms with Crippen molar-refractivity contribution >= 4 is 16.5 Å². The third-order valence-corrected chi connectivity index (χ3v) is 2.91. The molecule has 3 N–H and O–H groups in total. The average molecular weight is 254 g/mol. The van der Waals surface area contributed by atoms with Crippen LogP contribution < -0.4 is 16.0 Å². The zero-order valence-electron chi connectivity index (χ0n) is 9.11. The molecule has 0 aliphatic heterocycles. The lowest BCUT2D eigenvalue weighted by Gasteiger charge is -2.06. The van der Waals surface area contributed by atoms with Crippen LogP contribution >= 0.6 is 11.3 Å². The summed E-state index contributed by atoms with van der Waals surface area (Å²) in [6.45, 7) is 2.07. The second-order valence-electron chi connectivity index (χ2n) is 3.34. The highest BCUT2D eigenvalue weighted by atomic mass is 32.1. The Labute approximate surface area is 101 Å². The van der Waals surface area contributed by atoms with E-state index in [-0.39, 0.29) is 12.4 Å². The number of aromatic nitrogens is 2. The second kappa shape index (κ2) is 5.07. The van der Waals surface area contributed by atoms with Gasteiger partial charge in [-0.05, 0) is 30.7 Å². The van der Waals surface area contributed by atoms with Crippen LogP contribution in [0.25, 0.3) is 0 Å². The van der Waals surface area contributed by atoms with Crippen LogP contribution in [0.3, 0.4) is 0 Å². The minimum Gasteiger partial charge on any atom is -0.486 e. The van der Waals surface area contributed by atoms with Crippen molar-refractivity contribution in [2.45, 2.75) is 13.5 Å². The maximum atomic E-state index is 12.9. The molecule has 2 rings (SSSR count). The van der Waals surface area contributed by atoms with Crippen LogP contribution in [0.2, 0.25) is 0 Å². The number of hydrogen-bond acceptors (Lipinski definition) is 6. The summed E-state index contributed by atoms with van der Waals surface area (Å²) in [4.78, 5) is 0. The van der Waals surface area contributed by atoms with Crippen molar-refractivity contribution in [3.05, 3.63) is 34.6 Å². The van der Waals surface area contributed by atoms with E-state index in [9.17, 15) is 4.39 Å². The number of hydrazine groups is 1. The Bertz CT molecular complexity index is 517. The number of nitrogens with zero attached hydrogens (tertiary/aromatic N) is 2. The topological polar surface area (TPSA) is 73.1 Å². The van der Waals surface area contributed by atoms with Gasteiger partial charge in [0.25, 0.3) is 0 Å². The van der Waals surface area contributed by atoms with Gasteiger partial charge in [-0.25, -0.2) is 10.2 Å². The molecular formula is C10H11FN4OS. The van der Waals surface area contributed by atoms with Crippen molar-refractivity contribution in [3.8, 4) is 5.75 Å².